The predicted molar refractivity (Wildman–Crippen MR) is 105 cm³/mol. The number of carbonyl (C=O) groups is 2. The summed E-state index contributed by atoms with van der Waals surface area (Å²) in [6.07, 6.45) is 4.69. The van der Waals surface area contributed by atoms with Gasteiger partial charge in [-0.2, -0.15) is 0 Å². The molecule has 148 valence electrons. The maximum atomic E-state index is 12.5. The molecule has 0 spiro atoms. The maximum Gasteiger partial charge on any atom is 0.319 e. The number of benzene rings is 1. The van der Waals surface area contributed by atoms with Crippen molar-refractivity contribution in [3.05, 3.63) is 29.8 Å². The van der Waals surface area contributed by atoms with Gasteiger partial charge >= 0.3 is 6.03 Å². The summed E-state index contributed by atoms with van der Waals surface area (Å²) in [5.74, 6) is 0.955. The number of carbonyl (C=O) groups excluding carboxylic acids is 2. The van der Waals surface area contributed by atoms with Gasteiger partial charge in [0.05, 0.1) is 6.61 Å². The number of urea groups is 1. The van der Waals surface area contributed by atoms with E-state index in [1.54, 1.807) is 0 Å². The van der Waals surface area contributed by atoms with E-state index in [2.05, 4.69) is 12.2 Å². The third kappa shape index (κ3) is 5.37. The van der Waals surface area contributed by atoms with E-state index in [1.807, 2.05) is 34.1 Å². The molecule has 3 rings (SSSR count). The SMILES string of the molecule is CCCOc1ccc(CNC(=O)C2CCN(C(=O)N3CCCC3)CC2)cc1. The van der Waals surface area contributed by atoms with Crippen molar-refractivity contribution in [1.29, 1.82) is 0 Å². The number of hydrogen-bond donors (Lipinski definition) is 1. The number of rotatable bonds is 6. The van der Waals surface area contributed by atoms with E-state index in [9.17, 15) is 9.59 Å². The zero-order chi connectivity index (χ0) is 19.1. The van der Waals surface area contributed by atoms with Crippen LogP contribution in [0.3, 0.4) is 0 Å². The van der Waals surface area contributed by atoms with E-state index < -0.39 is 0 Å². The summed E-state index contributed by atoms with van der Waals surface area (Å²) in [5, 5.41) is 3.04. The second-order valence-corrected chi connectivity index (χ2v) is 7.45. The third-order valence-electron chi connectivity index (χ3n) is 5.38. The predicted octanol–water partition coefficient (Wildman–Crippen LogP) is 3.02. The van der Waals surface area contributed by atoms with Crippen molar-refractivity contribution >= 4 is 11.9 Å². The minimum Gasteiger partial charge on any atom is -0.494 e. The number of hydrogen-bond acceptors (Lipinski definition) is 3. The largest absolute Gasteiger partial charge is 0.494 e. The van der Waals surface area contributed by atoms with E-state index in [0.29, 0.717) is 19.6 Å². The first-order chi connectivity index (χ1) is 13.2. The van der Waals surface area contributed by atoms with Crippen molar-refractivity contribution in [3.63, 3.8) is 0 Å². The van der Waals surface area contributed by atoms with Crippen LogP contribution < -0.4 is 10.1 Å². The van der Waals surface area contributed by atoms with Crippen LogP contribution in [0.2, 0.25) is 0 Å². The normalized spacial score (nSPS) is 17.8. The lowest BCUT2D eigenvalue weighted by Gasteiger charge is -2.34. The lowest BCUT2D eigenvalue weighted by molar-refractivity contribution is -0.126. The first-order valence-corrected chi connectivity index (χ1v) is 10.2. The van der Waals surface area contributed by atoms with Gasteiger partial charge in [-0.3, -0.25) is 4.79 Å². The molecule has 0 bridgehead atoms. The van der Waals surface area contributed by atoms with Gasteiger partial charge in [-0.1, -0.05) is 19.1 Å². The quantitative estimate of drug-likeness (QED) is 0.834. The van der Waals surface area contributed by atoms with Crippen LogP contribution in [0.15, 0.2) is 24.3 Å². The Morgan fingerprint density at radius 1 is 1.04 bits per heavy atom. The first-order valence-electron chi connectivity index (χ1n) is 10.2. The molecule has 27 heavy (non-hydrogen) atoms. The van der Waals surface area contributed by atoms with Crippen LogP contribution in [-0.4, -0.2) is 54.5 Å². The summed E-state index contributed by atoms with van der Waals surface area (Å²) >= 11 is 0. The summed E-state index contributed by atoms with van der Waals surface area (Å²) in [6, 6.07) is 8.02. The molecular formula is C21H31N3O3. The molecule has 0 aromatic heterocycles. The Bertz CT molecular complexity index is 618. The van der Waals surface area contributed by atoms with Gasteiger partial charge in [0.15, 0.2) is 0 Å². The van der Waals surface area contributed by atoms with Gasteiger partial charge in [-0.05, 0) is 49.8 Å². The van der Waals surface area contributed by atoms with Gasteiger partial charge in [0.25, 0.3) is 0 Å². The van der Waals surface area contributed by atoms with Crippen molar-refractivity contribution in [2.75, 3.05) is 32.8 Å². The summed E-state index contributed by atoms with van der Waals surface area (Å²) in [6.45, 7) is 6.43. The fraction of sp³-hybridized carbons (Fsp3) is 0.619. The number of nitrogens with one attached hydrogen (secondary N) is 1. The lowest BCUT2D eigenvalue weighted by atomic mass is 9.96. The van der Waals surface area contributed by atoms with Gasteiger partial charge in [0.2, 0.25) is 5.91 Å². The highest BCUT2D eigenvalue weighted by Crippen LogP contribution is 2.20. The second kappa shape index (κ2) is 9.62. The molecule has 0 atom stereocenters. The van der Waals surface area contributed by atoms with E-state index >= 15 is 0 Å². The molecule has 0 unspecified atom stereocenters. The fourth-order valence-electron chi connectivity index (χ4n) is 3.70. The number of ether oxygens (including phenoxy) is 1. The van der Waals surface area contributed by atoms with Crippen LogP contribution in [0.1, 0.15) is 44.6 Å². The van der Waals surface area contributed by atoms with Crippen LogP contribution in [0.4, 0.5) is 4.79 Å². The summed E-state index contributed by atoms with van der Waals surface area (Å²) in [5.41, 5.74) is 1.06. The van der Waals surface area contributed by atoms with E-state index in [1.165, 1.54) is 0 Å². The summed E-state index contributed by atoms with van der Waals surface area (Å²) in [4.78, 5) is 28.7. The molecule has 1 N–H and O–H groups in total. The average molecular weight is 373 g/mol. The topological polar surface area (TPSA) is 61.9 Å². The molecule has 0 aliphatic carbocycles. The molecule has 2 fully saturated rings. The van der Waals surface area contributed by atoms with Crippen LogP contribution >= 0.6 is 0 Å². The van der Waals surface area contributed by atoms with Gasteiger partial charge < -0.3 is 19.9 Å². The van der Waals surface area contributed by atoms with Gasteiger partial charge in [-0.25, -0.2) is 4.79 Å². The fourth-order valence-corrected chi connectivity index (χ4v) is 3.70. The minimum atomic E-state index is -0.000196. The van der Waals surface area contributed by atoms with Gasteiger partial charge in [-0.15, -0.1) is 0 Å². The smallest absolute Gasteiger partial charge is 0.319 e. The molecule has 0 saturated carbocycles. The Labute approximate surface area is 161 Å². The summed E-state index contributed by atoms with van der Waals surface area (Å²) in [7, 11) is 0. The first kappa shape index (κ1) is 19.5. The minimum absolute atomic E-state index is 0.000196. The van der Waals surface area contributed by atoms with Crippen molar-refractivity contribution < 1.29 is 14.3 Å². The number of nitrogens with zero attached hydrogens (tertiary/aromatic N) is 2. The Morgan fingerprint density at radius 2 is 1.67 bits per heavy atom. The van der Waals surface area contributed by atoms with Crippen LogP contribution in [0.5, 0.6) is 5.75 Å². The highest BCUT2D eigenvalue weighted by molar-refractivity contribution is 5.79. The van der Waals surface area contributed by atoms with E-state index in [4.69, 9.17) is 4.74 Å². The zero-order valence-corrected chi connectivity index (χ0v) is 16.3. The maximum absolute atomic E-state index is 12.5. The monoisotopic (exact) mass is 373 g/mol. The zero-order valence-electron chi connectivity index (χ0n) is 16.3. The molecule has 6 nitrogen and oxygen atoms in total. The lowest BCUT2D eigenvalue weighted by Crippen LogP contribution is -2.47. The van der Waals surface area contributed by atoms with E-state index in [0.717, 1.165) is 63.1 Å². The Balaban J connectivity index is 1.39. The van der Waals surface area contributed by atoms with Gasteiger partial charge in [0.1, 0.15) is 5.75 Å². The Hall–Kier alpha value is -2.24. The molecule has 2 saturated heterocycles. The Kier molecular flexibility index (Phi) is 6.96. The Morgan fingerprint density at radius 3 is 2.30 bits per heavy atom. The molecule has 2 heterocycles. The van der Waals surface area contributed by atoms with Crippen molar-refractivity contribution in [3.8, 4) is 5.75 Å². The second-order valence-electron chi connectivity index (χ2n) is 7.45. The van der Waals surface area contributed by atoms with Gasteiger partial charge in [0, 0.05) is 38.6 Å². The summed E-state index contributed by atoms with van der Waals surface area (Å²) < 4.78 is 5.57. The average Bonchev–Trinajstić information content (AvgIpc) is 3.25. The molecular weight excluding hydrogens is 342 g/mol. The molecule has 1 aromatic rings. The van der Waals surface area contributed by atoms with E-state index in [-0.39, 0.29) is 17.9 Å². The highest BCUT2D eigenvalue weighted by Gasteiger charge is 2.30. The van der Waals surface area contributed by atoms with Crippen LogP contribution in [0, 0.1) is 5.92 Å². The van der Waals surface area contributed by atoms with Crippen molar-refractivity contribution in [2.45, 2.75) is 45.6 Å². The van der Waals surface area contributed by atoms with Crippen LogP contribution in [-0.2, 0) is 11.3 Å². The standard InChI is InChI=1S/C21H31N3O3/c1-2-15-27-19-7-5-17(6-8-19)16-22-20(25)18-9-13-24(14-10-18)21(26)23-11-3-4-12-23/h5-8,18H,2-4,9-16H2,1H3,(H,22,25). The molecule has 2 aliphatic rings. The molecule has 0 radical (unpaired) electrons. The molecule has 3 amide bonds. The molecule has 6 heteroatoms. The molecule has 2 aliphatic heterocycles. The highest BCUT2D eigenvalue weighted by atomic mass is 16.5. The van der Waals surface area contributed by atoms with Crippen molar-refractivity contribution in [2.24, 2.45) is 5.92 Å². The van der Waals surface area contributed by atoms with Crippen LogP contribution in [0.25, 0.3) is 0 Å². The number of likely N-dealkylation sites (tertiary alicyclic amines) is 2. The number of piperidine rings is 1. The molecule has 1 aromatic carbocycles. The third-order valence-corrected chi connectivity index (χ3v) is 5.38. The van der Waals surface area contributed by atoms with Crippen molar-refractivity contribution in [1.82, 2.24) is 15.1 Å². The number of amides is 3.